The van der Waals surface area contributed by atoms with E-state index in [-0.39, 0.29) is 5.75 Å². The Balaban J connectivity index is 1.93. The van der Waals surface area contributed by atoms with Gasteiger partial charge in [-0.05, 0) is 46.8 Å². The Morgan fingerprint density at radius 2 is 2.15 bits per heavy atom. The van der Waals surface area contributed by atoms with Crippen molar-refractivity contribution in [2.45, 2.75) is 26.3 Å². The zero-order valence-corrected chi connectivity index (χ0v) is 13.3. The molecule has 20 heavy (non-hydrogen) atoms. The SMILES string of the molecule is CC1CC[NH+](Cc2cc(Br)c(O)c3ncccc23)CC1. The molecule has 4 heteroatoms. The molecule has 1 aliphatic rings. The number of phenols is 1. The number of nitrogens with one attached hydrogen (secondary N) is 1. The van der Waals surface area contributed by atoms with Crippen LogP contribution in [0, 0.1) is 5.92 Å². The van der Waals surface area contributed by atoms with Crippen molar-refractivity contribution < 1.29 is 10.0 Å². The van der Waals surface area contributed by atoms with Gasteiger partial charge < -0.3 is 10.0 Å². The minimum atomic E-state index is 0.242. The first kappa shape index (κ1) is 13.8. The zero-order chi connectivity index (χ0) is 14.1. The number of piperidine rings is 1. The normalized spacial score (nSPS) is 23.1. The fraction of sp³-hybridized carbons (Fsp3) is 0.438. The number of aromatic hydroxyl groups is 1. The van der Waals surface area contributed by atoms with Gasteiger partial charge in [0.2, 0.25) is 0 Å². The highest BCUT2D eigenvalue weighted by molar-refractivity contribution is 9.10. The summed E-state index contributed by atoms with van der Waals surface area (Å²) in [6.07, 6.45) is 4.35. The van der Waals surface area contributed by atoms with E-state index in [0.717, 1.165) is 22.3 Å². The van der Waals surface area contributed by atoms with E-state index in [2.05, 4.69) is 33.9 Å². The molecule has 1 aromatic heterocycles. The molecule has 0 spiro atoms. The maximum absolute atomic E-state index is 10.1. The van der Waals surface area contributed by atoms with Crippen molar-refractivity contribution in [1.29, 1.82) is 0 Å². The first-order chi connectivity index (χ1) is 9.65. The minimum Gasteiger partial charge on any atom is -0.505 e. The smallest absolute Gasteiger partial charge is 0.156 e. The first-order valence-corrected chi connectivity index (χ1v) is 8.03. The van der Waals surface area contributed by atoms with E-state index in [1.54, 1.807) is 11.1 Å². The number of pyridine rings is 1. The number of quaternary nitrogens is 1. The number of hydrogen-bond donors (Lipinski definition) is 2. The highest BCUT2D eigenvalue weighted by Gasteiger charge is 2.21. The number of nitrogens with zero attached hydrogens (tertiary/aromatic N) is 1. The van der Waals surface area contributed by atoms with Crippen LogP contribution in [0.15, 0.2) is 28.9 Å². The lowest BCUT2D eigenvalue weighted by Crippen LogP contribution is -3.11. The topological polar surface area (TPSA) is 37.6 Å². The van der Waals surface area contributed by atoms with Crippen molar-refractivity contribution in [3.05, 3.63) is 34.4 Å². The number of benzene rings is 1. The van der Waals surface area contributed by atoms with E-state index in [1.807, 2.05) is 12.1 Å². The second-order valence-corrected chi connectivity index (χ2v) is 6.73. The number of likely N-dealkylation sites (tertiary alicyclic amines) is 1. The van der Waals surface area contributed by atoms with Gasteiger partial charge in [0.05, 0.1) is 17.6 Å². The third-order valence-corrected chi connectivity index (χ3v) is 4.93. The predicted molar refractivity (Wildman–Crippen MR) is 83.9 cm³/mol. The largest absolute Gasteiger partial charge is 0.505 e. The van der Waals surface area contributed by atoms with Gasteiger partial charge in [0.15, 0.2) is 5.75 Å². The summed E-state index contributed by atoms with van der Waals surface area (Å²) in [5, 5.41) is 11.2. The average Bonchev–Trinajstić information content (AvgIpc) is 2.47. The summed E-state index contributed by atoms with van der Waals surface area (Å²) in [6, 6.07) is 6.03. The average molecular weight is 336 g/mol. The molecule has 0 aliphatic carbocycles. The van der Waals surface area contributed by atoms with Gasteiger partial charge in [-0.2, -0.15) is 0 Å². The summed E-state index contributed by atoms with van der Waals surface area (Å²) in [5.74, 6) is 1.11. The Hall–Kier alpha value is -1.13. The summed E-state index contributed by atoms with van der Waals surface area (Å²) in [6.45, 7) is 5.82. The molecule has 0 bridgehead atoms. The van der Waals surface area contributed by atoms with Crippen LogP contribution in [-0.2, 0) is 6.54 Å². The van der Waals surface area contributed by atoms with Crippen molar-refractivity contribution in [2.24, 2.45) is 5.92 Å². The van der Waals surface area contributed by atoms with Crippen LogP contribution in [0.4, 0.5) is 0 Å². The van der Waals surface area contributed by atoms with Crippen LogP contribution in [0.3, 0.4) is 0 Å². The molecule has 1 fully saturated rings. The van der Waals surface area contributed by atoms with Crippen molar-refractivity contribution in [1.82, 2.24) is 4.98 Å². The molecule has 0 saturated carbocycles. The van der Waals surface area contributed by atoms with Crippen molar-refractivity contribution >= 4 is 26.8 Å². The monoisotopic (exact) mass is 335 g/mol. The van der Waals surface area contributed by atoms with Crippen molar-refractivity contribution in [2.75, 3.05) is 13.1 Å². The molecule has 1 aromatic carbocycles. The zero-order valence-electron chi connectivity index (χ0n) is 11.7. The van der Waals surface area contributed by atoms with Gasteiger partial charge in [-0.25, -0.2) is 0 Å². The molecule has 0 atom stereocenters. The van der Waals surface area contributed by atoms with Gasteiger partial charge >= 0.3 is 0 Å². The first-order valence-electron chi connectivity index (χ1n) is 7.24. The summed E-state index contributed by atoms with van der Waals surface area (Å²) in [7, 11) is 0. The minimum absolute atomic E-state index is 0.242. The van der Waals surface area contributed by atoms with Gasteiger partial charge in [-0.15, -0.1) is 0 Å². The van der Waals surface area contributed by atoms with Gasteiger partial charge in [0, 0.05) is 17.1 Å². The van der Waals surface area contributed by atoms with E-state index >= 15 is 0 Å². The van der Waals surface area contributed by atoms with Crippen molar-refractivity contribution in [3.8, 4) is 5.75 Å². The molecule has 0 amide bonds. The molecular weight excluding hydrogens is 316 g/mol. The van der Waals surface area contributed by atoms with E-state index in [1.165, 1.54) is 31.5 Å². The number of hydrogen-bond acceptors (Lipinski definition) is 2. The highest BCUT2D eigenvalue weighted by atomic mass is 79.9. The fourth-order valence-electron chi connectivity index (χ4n) is 3.03. The maximum atomic E-state index is 10.1. The Morgan fingerprint density at radius 3 is 2.90 bits per heavy atom. The summed E-state index contributed by atoms with van der Waals surface area (Å²) < 4.78 is 0.739. The second kappa shape index (κ2) is 5.70. The third-order valence-electron chi connectivity index (χ3n) is 4.33. The van der Waals surface area contributed by atoms with E-state index < -0.39 is 0 Å². The Kier molecular flexibility index (Phi) is 3.94. The summed E-state index contributed by atoms with van der Waals surface area (Å²) >= 11 is 3.44. The molecule has 3 nitrogen and oxygen atoms in total. The quantitative estimate of drug-likeness (QED) is 0.884. The fourth-order valence-corrected chi connectivity index (χ4v) is 3.49. The molecule has 0 unspecified atom stereocenters. The lowest BCUT2D eigenvalue weighted by molar-refractivity contribution is -0.919. The Morgan fingerprint density at radius 1 is 1.40 bits per heavy atom. The van der Waals surface area contributed by atoms with E-state index in [4.69, 9.17) is 0 Å². The van der Waals surface area contributed by atoms with Crippen LogP contribution in [0.1, 0.15) is 25.3 Å². The predicted octanol–water partition coefficient (Wildman–Crippen LogP) is 2.52. The molecule has 0 radical (unpaired) electrons. The van der Waals surface area contributed by atoms with Gasteiger partial charge in [0.25, 0.3) is 0 Å². The van der Waals surface area contributed by atoms with E-state index in [0.29, 0.717) is 5.52 Å². The second-order valence-electron chi connectivity index (χ2n) is 5.87. The highest BCUT2D eigenvalue weighted by Crippen LogP contribution is 2.33. The number of fused-ring (bicyclic) bond motifs is 1. The van der Waals surface area contributed by atoms with Crippen LogP contribution in [-0.4, -0.2) is 23.2 Å². The van der Waals surface area contributed by atoms with Gasteiger partial charge in [0.1, 0.15) is 12.1 Å². The van der Waals surface area contributed by atoms with E-state index in [9.17, 15) is 5.11 Å². The molecular formula is C16H20BrN2O+. The molecule has 2 aromatic rings. The standard InChI is InChI=1S/C16H19BrN2O/c1-11-4-7-19(8-5-11)10-12-9-14(17)16(20)15-13(12)3-2-6-18-15/h2-3,6,9,11,20H,4-5,7-8,10H2,1H3/p+1. The summed E-state index contributed by atoms with van der Waals surface area (Å²) in [5.41, 5.74) is 1.96. The van der Waals surface area contributed by atoms with Crippen LogP contribution in [0.25, 0.3) is 10.9 Å². The van der Waals surface area contributed by atoms with Crippen molar-refractivity contribution in [3.63, 3.8) is 0 Å². The maximum Gasteiger partial charge on any atom is 0.156 e. The van der Waals surface area contributed by atoms with Crippen LogP contribution in [0.2, 0.25) is 0 Å². The van der Waals surface area contributed by atoms with Crippen LogP contribution >= 0.6 is 15.9 Å². The van der Waals surface area contributed by atoms with Crippen LogP contribution in [0.5, 0.6) is 5.75 Å². The van der Waals surface area contributed by atoms with Crippen LogP contribution < -0.4 is 4.90 Å². The number of aromatic nitrogens is 1. The molecule has 1 aliphatic heterocycles. The van der Waals surface area contributed by atoms with Gasteiger partial charge in [-0.1, -0.05) is 13.0 Å². The molecule has 1 saturated heterocycles. The molecule has 3 rings (SSSR count). The lowest BCUT2D eigenvalue weighted by atomic mass is 9.98. The molecule has 2 N–H and O–H groups in total. The molecule has 106 valence electrons. The number of halogens is 1. The number of phenolic OH excluding ortho intramolecular Hbond substituents is 1. The number of rotatable bonds is 2. The molecule has 2 heterocycles. The lowest BCUT2D eigenvalue weighted by Gasteiger charge is -2.27. The third kappa shape index (κ3) is 2.67. The Bertz CT molecular complexity index is 621. The Labute approximate surface area is 127 Å². The van der Waals surface area contributed by atoms with Gasteiger partial charge in [-0.3, -0.25) is 4.98 Å². The summed E-state index contributed by atoms with van der Waals surface area (Å²) in [4.78, 5) is 5.95.